The topological polar surface area (TPSA) is 58.6 Å². The summed E-state index contributed by atoms with van der Waals surface area (Å²) in [6, 6.07) is 5.31. The molecule has 1 aromatic rings. The average Bonchev–Trinajstić information content (AvgIpc) is 3.25. The molecule has 1 unspecified atom stereocenters. The number of hydrogen-bond donors (Lipinski definition) is 1. The summed E-state index contributed by atoms with van der Waals surface area (Å²) in [5, 5.41) is 2.93. The van der Waals surface area contributed by atoms with E-state index in [1.165, 1.54) is 12.1 Å². The summed E-state index contributed by atoms with van der Waals surface area (Å²) in [5.74, 6) is -0.935. The molecule has 1 aromatic carbocycles. The fourth-order valence-electron chi connectivity index (χ4n) is 2.26. The van der Waals surface area contributed by atoms with E-state index < -0.39 is 12.0 Å². The zero-order valence-corrected chi connectivity index (χ0v) is 12.8. The molecule has 0 spiro atoms. The molecule has 1 atom stereocenters. The Kier molecular flexibility index (Phi) is 5.49. The fraction of sp³-hybridized carbons (Fsp3) is 0.500. The highest BCUT2D eigenvalue weighted by molar-refractivity contribution is 5.84. The van der Waals surface area contributed by atoms with Crippen LogP contribution in [0.15, 0.2) is 24.3 Å². The van der Waals surface area contributed by atoms with Gasteiger partial charge in [0.1, 0.15) is 11.9 Å². The number of likely N-dealkylation sites (N-methyl/N-ethyl adjacent to an activating group) is 1. The zero-order valence-electron chi connectivity index (χ0n) is 12.8. The summed E-state index contributed by atoms with van der Waals surface area (Å²) in [4.78, 5) is 25.7. The number of carbonyl (C=O) groups excluding carboxylic acids is 2. The number of halogens is 1. The molecule has 1 aliphatic carbocycles. The van der Waals surface area contributed by atoms with Crippen LogP contribution in [0, 0.1) is 5.82 Å². The minimum Gasteiger partial charge on any atom is -0.465 e. The predicted octanol–water partition coefficient (Wildman–Crippen LogP) is 1.64. The number of nitrogens with zero attached hydrogens (tertiary/aromatic N) is 1. The van der Waals surface area contributed by atoms with E-state index in [9.17, 15) is 14.0 Å². The van der Waals surface area contributed by atoms with Crippen molar-refractivity contribution in [3.05, 3.63) is 35.6 Å². The molecule has 6 heteroatoms. The molecule has 1 aliphatic rings. The van der Waals surface area contributed by atoms with Crippen molar-refractivity contribution in [1.29, 1.82) is 0 Å². The van der Waals surface area contributed by atoms with Gasteiger partial charge >= 0.3 is 5.97 Å². The first-order valence-electron chi connectivity index (χ1n) is 7.43. The van der Waals surface area contributed by atoms with E-state index in [2.05, 4.69) is 5.32 Å². The molecule has 1 fully saturated rings. The molecule has 1 saturated carbocycles. The molecule has 1 amide bonds. The van der Waals surface area contributed by atoms with Crippen molar-refractivity contribution in [1.82, 2.24) is 10.2 Å². The SMILES string of the molecule is CCOC(=O)CN(C)C(C(=O)NC1CC1)c1ccc(F)cc1. The molecule has 2 rings (SSSR count). The maximum atomic E-state index is 13.1. The Morgan fingerprint density at radius 3 is 2.55 bits per heavy atom. The molecule has 5 nitrogen and oxygen atoms in total. The summed E-state index contributed by atoms with van der Waals surface area (Å²) >= 11 is 0. The van der Waals surface area contributed by atoms with Gasteiger partial charge in [-0.2, -0.15) is 0 Å². The Morgan fingerprint density at radius 1 is 1.36 bits per heavy atom. The van der Waals surface area contributed by atoms with Gasteiger partial charge in [0.2, 0.25) is 5.91 Å². The molecule has 0 heterocycles. The van der Waals surface area contributed by atoms with Gasteiger partial charge in [0, 0.05) is 6.04 Å². The van der Waals surface area contributed by atoms with Gasteiger partial charge in [-0.1, -0.05) is 12.1 Å². The van der Waals surface area contributed by atoms with Crippen molar-refractivity contribution in [2.45, 2.75) is 31.8 Å². The molecular formula is C16H21FN2O3. The highest BCUT2D eigenvalue weighted by atomic mass is 19.1. The average molecular weight is 308 g/mol. The van der Waals surface area contributed by atoms with Gasteiger partial charge in [0.25, 0.3) is 0 Å². The number of nitrogens with one attached hydrogen (secondary N) is 1. The van der Waals surface area contributed by atoms with Crippen LogP contribution < -0.4 is 5.32 Å². The molecule has 120 valence electrons. The Labute approximate surface area is 129 Å². The lowest BCUT2D eigenvalue weighted by atomic mass is 10.0. The molecule has 1 N–H and O–H groups in total. The van der Waals surface area contributed by atoms with Crippen molar-refractivity contribution in [2.24, 2.45) is 0 Å². The van der Waals surface area contributed by atoms with Gasteiger partial charge < -0.3 is 10.1 Å². The quantitative estimate of drug-likeness (QED) is 0.778. The van der Waals surface area contributed by atoms with Crippen LogP contribution in [0.25, 0.3) is 0 Å². The zero-order chi connectivity index (χ0) is 16.1. The number of amides is 1. The number of ether oxygens (including phenoxy) is 1. The third-order valence-corrected chi connectivity index (χ3v) is 3.48. The summed E-state index contributed by atoms with van der Waals surface area (Å²) < 4.78 is 18.0. The third-order valence-electron chi connectivity index (χ3n) is 3.48. The maximum absolute atomic E-state index is 13.1. The molecule has 0 radical (unpaired) electrons. The van der Waals surface area contributed by atoms with E-state index >= 15 is 0 Å². The summed E-state index contributed by atoms with van der Waals surface area (Å²) in [6.07, 6.45) is 1.95. The first kappa shape index (κ1) is 16.4. The van der Waals surface area contributed by atoms with Gasteiger partial charge in [0.05, 0.1) is 13.2 Å². The molecular weight excluding hydrogens is 287 g/mol. The lowest BCUT2D eigenvalue weighted by molar-refractivity contribution is -0.145. The van der Waals surface area contributed by atoms with Gasteiger partial charge in [-0.3, -0.25) is 14.5 Å². The minimum absolute atomic E-state index is 0.00598. The number of esters is 1. The van der Waals surface area contributed by atoms with Crippen LogP contribution >= 0.6 is 0 Å². The number of hydrogen-bond acceptors (Lipinski definition) is 4. The van der Waals surface area contributed by atoms with E-state index in [1.807, 2.05) is 0 Å². The largest absolute Gasteiger partial charge is 0.465 e. The van der Waals surface area contributed by atoms with Crippen LogP contribution in [0.2, 0.25) is 0 Å². The van der Waals surface area contributed by atoms with Crippen LogP contribution in [-0.2, 0) is 14.3 Å². The smallest absolute Gasteiger partial charge is 0.320 e. The van der Waals surface area contributed by atoms with Gasteiger partial charge in [-0.15, -0.1) is 0 Å². The summed E-state index contributed by atoms with van der Waals surface area (Å²) in [6.45, 7) is 2.02. The Bertz CT molecular complexity index is 529. The lowest BCUT2D eigenvalue weighted by Gasteiger charge is -2.26. The Hall–Kier alpha value is -1.95. The highest BCUT2D eigenvalue weighted by Gasteiger charge is 2.31. The number of benzene rings is 1. The number of rotatable bonds is 7. The van der Waals surface area contributed by atoms with Crippen LogP contribution in [0.5, 0.6) is 0 Å². The molecule has 0 bridgehead atoms. The van der Waals surface area contributed by atoms with Crippen molar-refractivity contribution in [3.63, 3.8) is 0 Å². The second-order valence-electron chi connectivity index (χ2n) is 5.46. The van der Waals surface area contributed by atoms with Crippen LogP contribution in [0.3, 0.4) is 0 Å². The van der Waals surface area contributed by atoms with E-state index in [0.29, 0.717) is 12.2 Å². The highest BCUT2D eigenvalue weighted by Crippen LogP contribution is 2.24. The minimum atomic E-state index is -0.648. The normalized spacial score (nSPS) is 15.5. The van der Waals surface area contributed by atoms with Gasteiger partial charge in [-0.25, -0.2) is 4.39 Å². The Morgan fingerprint density at radius 2 is 2.00 bits per heavy atom. The molecule has 0 saturated heterocycles. The number of carbonyl (C=O) groups is 2. The Balaban J connectivity index is 2.14. The van der Waals surface area contributed by atoms with Crippen LogP contribution in [-0.4, -0.2) is 43.0 Å². The van der Waals surface area contributed by atoms with Crippen molar-refractivity contribution in [2.75, 3.05) is 20.2 Å². The molecule has 22 heavy (non-hydrogen) atoms. The predicted molar refractivity (Wildman–Crippen MR) is 79.6 cm³/mol. The van der Waals surface area contributed by atoms with Crippen LogP contribution in [0.1, 0.15) is 31.4 Å². The standard InChI is InChI=1S/C16H21FN2O3/c1-3-22-14(20)10-19(2)15(16(21)18-13-8-9-13)11-4-6-12(17)7-5-11/h4-7,13,15H,3,8-10H2,1-2H3,(H,18,21). The molecule has 0 aliphatic heterocycles. The first-order chi connectivity index (χ1) is 10.5. The second kappa shape index (κ2) is 7.35. The third kappa shape index (κ3) is 4.53. The van der Waals surface area contributed by atoms with Gasteiger partial charge in [0.15, 0.2) is 0 Å². The maximum Gasteiger partial charge on any atom is 0.320 e. The van der Waals surface area contributed by atoms with Gasteiger partial charge in [-0.05, 0) is 44.5 Å². The van der Waals surface area contributed by atoms with E-state index in [0.717, 1.165) is 12.8 Å². The van der Waals surface area contributed by atoms with Crippen molar-refractivity contribution in [3.8, 4) is 0 Å². The van der Waals surface area contributed by atoms with E-state index in [1.54, 1.807) is 31.0 Å². The summed E-state index contributed by atoms with van der Waals surface area (Å²) in [7, 11) is 1.68. The van der Waals surface area contributed by atoms with Crippen molar-refractivity contribution < 1.29 is 18.7 Å². The van der Waals surface area contributed by atoms with E-state index in [-0.39, 0.29) is 24.3 Å². The van der Waals surface area contributed by atoms with Crippen molar-refractivity contribution >= 4 is 11.9 Å². The fourth-order valence-corrected chi connectivity index (χ4v) is 2.26. The lowest BCUT2D eigenvalue weighted by Crippen LogP contribution is -2.41. The van der Waals surface area contributed by atoms with Crippen LogP contribution in [0.4, 0.5) is 4.39 Å². The van der Waals surface area contributed by atoms with E-state index in [4.69, 9.17) is 4.74 Å². The molecule has 0 aromatic heterocycles. The first-order valence-corrected chi connectivity index (χ1v) is 7.43. The monoisotopic (exact) mass is 308 g/mol. The summed E-state index contributed by atoms with van der Waals surface area (Å²) in [5.41, 5.74) is 0.645. The second-order valence-corrected chi connectivity index (χ2v) is 5.46.